The van der Waals surface area contributed by atoms with Crippen molar-refractivity contribution in [1.29, 1.82) is 0 Å². The second-order valence-corrected chi connectivity index (χ2v) is 7.97. The van der Waals surface area contributed by atoms with Crippen LogP contribution in [0.3, 0.4) is 0 Å². The smallest absolute Gasteiger partial charge is 0.258 e. The molecule has 0 radical (unpaired) electrons. The first kappa shape index (κ1) is 19.3. The molecule has 2 aromatic heterocycles. The first-order valence-electron chi connectivity index (χ1n) is 10.8. The number of piperidine rings is 1. The number of benzene rings is 2. The number of nitrogens with zero attached hydrogens (tertiary/aromatic N) is 4. The molecular weight excluding hydrogens is 386 g/mol. The maximum Gasteiger partial charge on any atom is 0.258 e. The third-order valence-electron chi connectivity index (χ3n) is 5.82. The Balaban J connectivity index is 1.37. The molecule has 1 amide bonds. The first-order chi connectivity index (χ1) is 15.3. The Morgan fingerprint density at radius 1 is 0.935 bits per heavy atom. The monoisotopic (exact) mass is 411 g/mol. The van der Waals surface area contributed by atoms with E-state index in [1.807, 2.05) is 54.9 Å². The van der Waals surface area contributed by atoms with Crippen LogP contribution in [0.2, 0.25) is 0 Å². The van der Waals surface area contributed by atoms with Gasteiger partial charge in [-0.15, -0.1) is 0 Å². The highest BCUT2D eigenvalue weighted by atomic mass is 16.1. The van der Waals surface area contributed by atoms with Gasteiger partial charge in [0.05, 0.1) is 24.0 Å². The van der Waals surface area contributed by atoms with E-state index in [0.717, 1.165) is 35.1 Å². The van der Waals surface area contributed by atoms with Gasteiger partial charge in [0.15, 0.2) is 0 Å². The molecule has 1 aliphatic heterocycles. The Morgan fingerprint density at radius 2 is 1.77 bits per heavy atom. The lowest BCUT2D eigenvalue weighted by Crippen LogP contribution is -2.29. The normalized spacial score (nSPS) is 14.0. The van der Waals surface area contributed by atoms with Gasteiger partial charge in [0, 0.05) is 48.1 Å². The predicted molar refractivity (Wildman–Crippen MR) is 124 cm³/mol. The fourth-order valence-corrected chi connectivity index (χ4v) is 4.23. The topological polar surface area (TPSA) is 63.1 Å². The van der Waals surface area contributed by atoms with Crippen molar-refractivity contribution >= 4 is 28.1 Å². The summed E-state index contributed by atoms with van der Waals surface area (Å²) in [4.78, 5) is 19.7. The van der Waals surface area contributed by atoms with Gasteiger partial charge in [0.2, 0.25) is 0 Å². The molecule has 1 N–H and O–H groups in total. The zero-order chi connectivity index (χ0) is 21.0. The number of hydrogen-bond acceptors (Lipinski definition) is 4. The standard InChI is InChI=1S/C25H25N5O/c31-25(20-15-27-30(18-20)17-19-7-3-1-4-8-19)28-23-9-10-24(29-13-5-2-6-14-29)21-11-12-26-16-22(21)23/h1,3-4,7-12,15-16,18H,2,5-6,13-14,17H2,(H,28,31). The van der Waals surface area contributed by atoms with E-state index < -0.39 is 0 Å². The molecule has 1 fully saturated rings. The van der Waals surface area contributed by atoms with E-state index in [0.29, 0.717) is 12.1 Å². The average Bonchev–Trinajstić information content (AvgIpc) is 3.29. The van der Waals surface area contributed by atoms with E-state index >= 15 is 0 Å². The second-order valence-electron chi connectivity index (χ2n) is 7.97. The fourth-order valence-electron chi connectivity index (χ4n) is 4.23. The molecule has 0 unspecified atom stereocenters. The van der Waals surface area contributed by atoms with Crippen molar-refractivity contribution in [2.24, 2.45) is 0 Å². The van der Waals surface area contributed by atoms with E-state index in [-0.39, 0.29) is 5.91 Å². The molecule has 0 spiro atoms. The Hall–Kier alpha value is -3.67. The molecule has 0 aliphatic carbocycles. The lowest BCUT2D eigenvalue weighted by atomic mass is 10.0. The molecule has 5 rings (SSSR count). The van der Waals surface area contributed by atoms with Gasteiger partial charge < -0.3 is 10.2 Å². The molecule has 0 atom stereocenters. The molecule has 4 aromatic rings. The number of rotatable bonds is 5. The van der Waals surface area contributed by atoms with Crippen molar-refractivity contribution in [3.63, 3.8) is 0 Å². The number of anilines is 2. The van der Waals surface area contributed by atoms with Gasteiger partial charge in [-0.25, -0.2) is 0 Å². The van der Waals surface area contributed by atoms with Gasteiger partial charge in [0.25, 0.3) is 5.91 Å². The van der Waals surface area contributed by atoms with Crippen LogP contribution in [-0.2, 0) is 6.54 Å². The van der Waals surface area contributed by atoms with Gasteiger partial charge in [-0.3, -0.25) is 14.5 Å². The van der Waals surface area contributed by atoms with Crippen LogP contribution < -0.4 is 10.2 Å². The first-order valence-corrected chi connectivity index (χ1v) is 10.8. The molecule has 6 heteroatoms. The van der Waals surface area contributed by atoms with Gasteiger partial charge in [0.1, 0.15) is 0 Å². The Kier molecular flexibility index (Phi) is 5.35. The lowest BCUT2D eigenvalue weighted by Gasteiger charge is -2.30. The molecule has 3 heterocycles. The highest BCUT2D eigenvalue weighted by Crippen LogP contribution is 2.33. The third kappa shape index (κ3) is 4.14. The summed E-state index contributed by atoms with van der Waals surface area (Å²) in [5, 5.41) is 9.48. The minimum atomic E-state index is -0.171. The third-order valence-corrected chi connectivity index (χ3v) is 5.82. The van der Waals surface area contributed by atoms with Gasteiger partial charge in [-0.05, 0) is 43.0 Å². The summed E-state index contributed by atoms with van der Waals surface area (Å²) in [5.41, 5.74) is 3.66. The van der Waals surface area contributed by atoms with E-state index in [9.17, 15) is 4.79 Å². The van der Waals surface area contributed by atoms with E-state index in [1.54, 1.807) is 17.1 Å². The Bertz CT molecular complexity index is 1200. The quantitative estimate of drug-likeness (QED) is 0.516. The van der Waals surface area contributed by atoms with Crippen molar-refractivity contribution in [1.82, 2.24) is 14.8 Å². The maximum absolute atomic E-state index is 12.9. The van der Waals surface area contributed by atoms with Crippen LogP contribution in [0, 0.1) is 0 Å². The largest absolute Gasteiger partial charge is 0.371 e. The number of fused-ring (bicyclic) bond motifs is 1. The molecule has 6 nitrogen and oxygen atoms in total. The van der Waals surface area contributed by atoms with E-state index in [2.05, 4.69) is 26.4 Å². The number of nitrogens with one attached hydrogen (secondary N) is 1. The van der Waals surface area contributed by atoms with Crippen LogP contribution in [0.15, 0.2) is 73.3 Å². The molecule has 1 aliphatic rings. The molecule has 2 aromatic carbocycles. The zero-order valence-corrected chi connectivity index (χ0v) is 17.4. The average molecular weight is 412 g/mol. The summed E-state index contributed by atoms with van der Waals surface area (Å²) in [7, 11) is 0. The summed E-state index contributed by atoms with van der Waals surface area (Å²) in [6.07, 6.45) is 10.8. The van der Waals surface area contributed by atoms with Crippen LogP contribution in [0.25, 0.3) is 10.8 Å². The molecule has 31 heavy (non-hydrogen) atoms. The van der Waals surface area contributed by atoms with Crippen LogP contribution >= 0.6 is 0 Å². The number of amides is 1. The summed E-state index contributed by atoms with van der Waals surface area (Å²) in [6.45, 7) is 2.78. The number of carbonyl (C=O) groups is 1. The number of hydrogen-bond donors (Lipinski definition) is 1. The van der Waals surface area contributed by atoms with Gasteiger partial charge >= 0.3 is 0 Å². The summed E-state index contributed by atoms with van der Waals surface area (Å²) in [5.74, 6) is -0.171. The van der Waals surface area contributed by atoms with Crippen molar-refractivity contribution in [2.75, 3.05) is 23.3 Å². The second kappa shape index (κ2) is 8.60. The van der Waals surface area contributed by atoms with E-state index in [4.69, 9.17) is 0 Å². The minimum Gasteiger partial charge on any atom is -0.371 e. The van der Waals surface area contributed by atoms with E-state index in [1.165, 1.54) is 24.9 Å². The summed E-state index contributed by atoms with van der Waals surface area (Å²) < 4.78 is 1.78. The van der Waals surface area contributed by atoms with Crippen LogP contribution in [0.5, 0.6) is 0 Å². The fraction of sp³-hybridized carbons (Fsp3) is 0.240. The van der Waals surface area contributed by atoms with Crippen LogP contribution in [0.1, 0.15) is 35.2 Å². The molecule has 1 saturated heterocycles. The maximum atomic E-state index is 12.9. The summed E-state index contributed by atoms with van der Waals surface area (Å²) in [6, 6.07) is 16.2. The molecule has 0 saturated carbocycles. The SMILES string of the molecule is O=C(Nc1ccc(N2CCCCC2)c2ccncc12)c1cnn(Cc2ccccc2)c1. The number of carbonyl (C=O) groups excluding carboxylic acids is 1. The molecular formula is C25H25N5O. The lowest BCUT2D eigenvalue weighted by molar-refractivity contribution is 0.102. The van der Waals surface area contributed by atoms with Crippen molar-refractivity contribution in [2.45, 2.75) is 25.8 Å². The molecule has 0 bridgehead atoms. The van der Waals surface area contributed by atoms with Gasteiger partial charge in [-0.1, -0.05) is 30.3 Å². The highest BCUT2D eigenvalue weighted by Gasteiger charge is 2.17. The minimum absolute atomic E-state index is 0.171. The predicted octanol–water partition coefficient (Wildman–Crippen LogP) is 4.72. The summed E-state index contributed by atoms with van der Waals surface area (Å²) >= 11 is 0. The van der Waals surface area contributed by atoms with Crippen LogP contribution in [0.4, 0.5) is 11.4 Å². The van der Waals surface area contributed by atoms with Crippen molar-refractivity contribution in [3.8, 4) is 0 Å². The van der Waals surface area contributed by atoms with Crippen LogP contribution in [-0.4, -0.2) is 33.8 Å². The van der Waals surface area contributed by atoms with Crippen molar-refractivity contribution in [3.05, 3.63) is 84.4 Å². The zero-order valence-electron chi connectivity index (χ0n) is 17.4. The Labute approximate surface area is 181 Å². The number of aromatic nitrogens is 3. The van der Waals surface area contributed by atoms with Gasteiger partial charge in [-0.2, -0.15) is 5.10 Å². The Morgan fingerprint density at radius 3 is 2.61 bits per heavy atom. The molecule has 156 valence electrons. The highest BCUT2D eigenvalue weighted by molar-refractivity contribution is 6.11. The van der Waals surface area contributed by atoms with Crippen molar-refractivity contribution < 1.29 is 4.79 Å². The number of pyridine rings is 1.